The molecule has 4 heterocycles. The van der Waals surface area contributed by atoms with Gasteiger partial charge in [0.15, 0.2) is 5.82 Å². The van der Waals surface area contributed by atoms with Crippen LogP contribution in [0.4, 0.5) is 13.2 Å². The van der Waals surface area contributed by atoms with Gasteiger partial charge >= 0.3 is 6.18 Å². The SMILES string of the molecule is CC12CC(N3CCC(N4CCCCC4)CC3)=CC=C1N/C(=C(\C(N)=O)c1nccc(C(F)(F)F)n1)S2. The van der Waals surface area contributed by atoms with Gasteiger partial charge in [0.05, 0.1) is 9.78 Å². The Hall–Kier alpha value is -2.53. The highest BCUT2D eigenvalue weighted by Crippen LogP contribution is 2.51. The number of rotatable bonds is 4. The molecule has 3 fully saturated rings. The van der Waals surface area contributed by atoms with E-state index in [1.165, 1.54) is 49.8 Å². The zero-order valence-electron chi connectivity index (χ0n) is 20.3. The highest BCUT2D eigenvalue weighted by atomic mass is 32.2. The first-order valence-electron chi connectivity index (χ1n) is 12.5. The number of nitrogens with one attached hydrogen (secondary N) is 1. The third-order valence-electron chi connectivity index (χ3n) is 7.53. The summed E-state index contributed by atoms with van der Waals surface area (Å²) in [6.07, 6.45) is 7.45. The molecule has 1 aromatic heterocycles. The standard InChI is InChI=1S/C25H31F3N6OS/c1-24-15-17(34-13-8-16(9-14-34)33-11-3-2-4-12-33)5-6-18(24)32-23(36-24)20(21(29)35)22-30-10-7-19(31-22)25(26,27)28/h5-7,10,16,32H,2-4,8-9,11-15H2,1H3,(H2,29,35)/b23-20-. The minimum absolute atomic E-state index is 0.133. The zero-order chi connectivity index (χ0) is 25.5. The molecule has 3 saturated heterocycles. The molecule has 4 aliphatic rings. The van der Waals surface area contributed by atoms with Crippen molar-refractivity contribution in [2.45, 2.75) is 62.4 Å². The van der Waals surface area contributed by atoms with Gasteiger partial charge in [-0.15, -0.1) is 0 Å². The van der Waals surface area contributed by atoms with Gasteiger partial charge < -0.3 is 20.9 Å². The number of likely N-dealkylation sites (tertiary alicyclic amines) is 2. The van der Waals surface area contributed by atoms with Crippen LogP contribution in [0.1, 0.15) is 57.0 Å². The Morgan fingerprint density at radius 2 is 1.89 bits per heavy atom. The lowest BCUT2D eigenvalue weighted by Gasteiger charge is -2.43. The van der Waals surface area contributed by atoms with Crippen molar-refractivity contribution in [3.05, 3.63) is 52.4 Å². The van der Waals surface area contributed by atoms with Crippen LogP contribution in [-0.4, -0.2) is 62.6 Å². The van der Waals surface area contributed by atoms with E-state index in [2.05, 4.69) is 38.1 Å². The molecule has 0 spiro atoms. The Balaban J connectivity index is 1.31. The number of alkyl halides is 3. The summed E-state index contributed by atoms with van der Waals surface area (Å²) in [5, 5.41) is 3.60. The van der Waals surface area contributed by atoms with E-state index in [0.717, 1.165) is 50.3 Å². The summed E-state index contributed by atoms with van der Waals surface area (Å²) in [6, 6.07) is 1.44. The number of primary amides is 1. The van der Waals surface area contributed by atoms with Crippen molar-refractivity contribution in [2.75, 3.05) is 26.2 Å². The Bertz CT molecular complexity index is 1120. The van der Waals surface area contributed by atoms with Gasteiger partial charge in [-0.25, -0.2) is 9.97 Å². The number of hydrogen-bond acceptors (Lipinski definition) is 7. The normalized spacial score (nSPS) is 27.2. The molecule has 194 valence electrons. The lowest BCUT2D eigenvalue weighted by atomic mass is 9.92. The van der Waals surface area contributed by atoms with Gasteiger partial charge in [0.25, 0.3) is 5.91 Å². The molecular weight excluding hydrogens is 489 g/mol. The minimum Gasteiger partial charge on any atom is -0.375 e. The summed E-state index contributed by atoms with van der Waals surface area (Å²) in [7, 11) is 0. The molecule has 3 N–H and O–H groups in total. The number of piperidine rings is 2. The maximum Gasteiger partial charge on any atom is 0.433 e. The Morgan fingerprint density at radius 1 is 1.17 bits per heavy atom. The smallest absolute Gasteiger partial charge is 0.375 e. The molecule has 3 aliphatic heterocycles. The molecule has 0 saturated carbocycles. The van der Waals surface area contributed by atoms with Crippen LogP contribution in [0, 0.1) is 0 Å². The first-order valence-corrected chi connectivity index (χ1v) is 13.3. The second-order valence-corrected chi connectivity index (χ2v) is 11.5. The molecule has 1 aliphatic carbocycles. The Kier molecular flexibility index (Phi) is 6.80. The highest BCUT2D eigenvalue weighted by Gasteiger charge is 2.43. The maximum absolute atomic E-state index is 13.2. The molecule has 5 rings (SSSR count). The molecule has 1 aromatic rings. The molecule has 0 bridgehead atoms. The van der Waals surface area contributed by atoms with E-state index in [1.54, 1.807) is 0 Å². The Morgan fingerprint density at radius 3 is 2.56 bits per heavy atom. The van der Waals surface area contributed by atoms with Gasteiger partial charge in [-0.3, -0.25) is 4.79 Å². The summed E-state index contributed by atoms with van der Waals surface area (Å²) in [4.78, 5) is 25.0. The van der Waals surface area contributed by atoms with Crippen LogP contribution >= 0.6 is 11.8 Å². The summed E-state index contributed by atoms with van der Waals surface area (Å²) < 4.78 is 39.2. The number of carbonyl (C=O) groups excluding carboxylic acids is 1. The molecule has 1 atom stereocenters. The maximum atomic E-state index is 13.2. The molecule has 0 radical (unpaired) electrons. The first-order chi connectivity index (χ1) is 17.1. The quantitative estimate of drug-likeness (QED) is 0.583. The Labute approximate surface area is 213 Å². The third kappa shape index (κ3) is 5.00. The van der Waals surface area contributed by atoms with Gasteiger partial charge in [-0.1, -0.05) is 18.2 Å². The fourth-order valence-electron chi connectivity index (χ4n) is 5.59. The van der Waals surface area contributed by atoms with E-state index in [-0.39, 0.29) is 11.4 Å². The monoisotopic (exact) mass is 520 g/mol. The van der Waals surface area contributed by atoms with Crippen molar-refractivity contribution in [3.63, 3.8) is 0 Å². The van der Waals surface area contributed by atoms with Crippen LogP contribution in [0.15, 0.2) is 40.8 Å². The van der Waals surface area contributed by atoms with Crippen LogP contribution in [0.2, 0.25) is 0 Å². The molecule has 0 aromatic carbocycles. The number of carbonyl (C=O) groups is 1. The van der Waals surface area contributed by atoms with Gasteiger partial charge in [-0.2, -0.15) is 13.2 Å². The summed E-state index contributed by atoms with van der Waals surface area (Å²) in [5.74, 6) is -1.21. The largest absolute Gasteiger partial charge is 0.433 e. The number of thioether (sulfide) groups is 1. The van der Waals surface area contributed by atoms with Crippen LogP contribution in [0.25, 0.3) is 5.57 Å². The van der Waals surface area contributed by atoms with Crippen LogP contribution < -0.4 is 11.1 Å². The number of amides is 1. The van der Waals surface area contributed by atoms with Gasteiger partial charge in [0.2, 0.25) is 0 Å². The minimum atomic E-state index is -4.65. The van der Waals surface area contributed by atoms with E-state index in [1.807, 2.05) is 6.08 Å². The van der Waals surface area contributed by atoms with Crippen molar-refractivity contribution in [3.8, 4) is 0 Å². The molecule has 1 unspecified atom stereocenters. The van der Waals surface area contributed by atoms with E-state index in [9.17, 15) is 18.0 Å². The first kappa shape index (κ1) is 25.1. The van der Waals surface area contributed by atoms with Gasteiger partial charge in [0, 0.05) is 43.1 Å². The highest BCUT2D eigenvalue weighted by molar-refractivity contribution is 8.05. The summed E-state index contributed by atoms with van der Waals surface area (Å²) in [5.41, 5.74) is 6.48. The second kappa shape index (κ2) is 9.74. The van der Waals surface area contributed by atoms with E-state index in [0.29, 0.717) is 11.1 Å². The number of fused-ring (bicyclic) bond motifs is 1. The van der Waals surface area contributed by atoms with Gasteiger partial charge in [0.1, 0.15) is 11.3 Å². The topological polar surface area (TPSA) is 87.4 Å². The molecule has 7 nitrogen and oxygen atoms in total. The van der Waals surface area contributed by atoms with Gasteiger partial charge in [-0.05, 0) is 63.9 Å². The third-order valence-corrected chi connectivity index (χ3v) is 8.85. The number of hydrogen-bond donors (Lipinski definition) is 2. The predicted molar refractivity (Wildman–Crippen MR) is 133 cm³/mol. The molecule has 36 heavy (non-hydrogen) atoms. The second-order valence-electron chi connectivity index (χ2n) is 10.0. The lowest BCUT2D eigenvalue weighted by Crippen LogP contribution is -2.47. The molecule has 11 heteroatoms. The number of halogens is 3. The van der Waals surface area contributed by atoms with Crippen LogP contribution in [0.5, 0.6) is 0 Å². The fourth-order valence-corrected chi connectivity index (χ4v) is 6.94. The number of nitrogens with two attached hydrogens (primary N) is 1. The molecular formula is C25H31F3N6OS. The fraction of sp³-hybridized carbons (Fsp3) is 0.560. The van der Waals surface area contributed by atoms with E-state index in [4.69, 9.17) is 5.73 Å². The average Bonchev–Trinajstić information content (AvgIpc) is 3.20. The van der Waals surface area contributed by atoms with E-state index >= 15 is 0 Å². The summed E-state index contributed by atoms with van der Waals surface area (Å²) in [6.45, 7) is 6.53. The molecule has 1 amide bonds. The van der Waals surface area contributed by atoms with Crippen molar-refractivity contribution >= 4 is 23.2 Å². The lowest BCUT2D eigenvalue weighted by molar-refractivity contribution is -0.141. The zero-order valence-corrected chi connectivity index (χ0v) is 21.1. The van der Waals surface area contributed by atoms with Crippen molar-refractivity contribution < 1.29 is 18.0 Å². The predicted octanol–water partition coefficient (Wildman–Crippen LogP) is 3.87. The van der Waals surface area contributed by atoms with Crippen molar-refractivity contribution in [2.24, 2.45) is 5.73 Å². The van der Waals surface area contributed by atoms with Crippen LogP contribution in [-0.2, 0) is 11.0 Å². The number of aromatic nitrogens is 2. The van der Waals surface area contributed by atoms with Crippen molar-refractivity contribution in [1.82, 2.24) is 25.1 Å². The van der Waals surface area contributed by atoms with E-state index < -0.39 is 22.5 Å². The number of allylic oxidation sites excluding steroid dienone is 3. The summed E-state index contributed by atoms with van der Waals surface area (Å²) >= 11 is 1.39. The van der Waals surface area contributed by atoms with Crippen LogP contribution in [0.3, 0.4) is 0 Å². The van der Waals surface area contributed by atoms with Crippen molar-refractivity contribution in [1.29, 1.82) is 0 Å². The number of nitrogens with zero attached hydrogens (tertiary/aromatic N) is 4. The average molecular weight is 521 g/mol.